The molecule has 0 saturated carbocycles. The highest BCUT2D eigenvalue weighted by molar-refractivity contribution is 6.35. The molecule has 0 bridgehead atoms. The summed E-state index contributed by atoms with van der Waals surface area (Å²) in [5.74, 6) is 0.448. The number of rotatable bonds is 3. The van der Waals surface area contributed by atoms with E-state index in [-0.39, 0.29) is 5.91 Å². The predicted molar refractivity (Wildman–Crippen MR) is 96.1 cm³/mol. The highest BCUT2D eigenvalue weighted by Gasteiger charge is 2.18. The number of halogens is 2. The normalized spacial score (nSPS) is 15.0. The molecule has 7 heteroatoms. The van der Waals surface area contributed by atoms with E-state index in [0.717, 1.165) is 25.9 Å². The van der Waals surface area contributed by atoms with Crippen LogP contribution in [0.2, 0.25) is 10.0 Å². The molecule has 0 radical (unpaired) electrons. The van der Waals surface area contributed by atoms with Gasteiger partial charge in [-0.2, -0.15) is 0 Å². The molecule has 1 amide bonds. The minimum Gasteiger partial charge on any atom is -0.337 e. The van der Waals surface area contributed by atoms with Crippen molar-refractivity contribution >= 4 is 40.6 Å². The summed E-state index contributed by atoms with van der Waals surface area (Å²) in [4.78, 5) is 14.3. The second-order valence-electron chi connectivity index (χ2n) is 5.76. The van der Waals surface area contributed by atoms with Crippen molar-refractivity contribution in [2.75, 3.05) is 18.4 Å². The molecule has 1 saturated heterocycles. The van der Waals surface area contributed by atoms with Gasteiger partial charge in [0, 0.05) is 18.1 Å². The van der Waals surface area contributed by atoms with Gasteiger partial charge >= 0.3 is 0 Å². The number of nitrogens with one attached hydrogen (secondary N) is 1. The zero-order chi connectivity index (χ0) is 16.9. The fourth-order valence-corrected chi connectivity index (χ4v) is 3.02. The van der Waals surface area contributed by atoms with Crippen molar-refractivity contribution in [1.82, 2.24) is 15.1 Å². The molecular formula is C17H18Cl2N4O. The van der Waals surface area contributed by atoms with Crippen LogP contribution in [0, 0.1) is 0 Å². The van der Waals surface area contributed by atoms with Gasteiger partial charge in [0.05, 0.1) is 10.7 Å². The zero-order valence-electron chi connectivity index (χ0n) is 13.1. The number of hydrogen-bond acceptors (Lipinski definition) is 4. The average molecular weight is 365 g/mol. The Morgan fingerprint density at radius 1 is 1.00 bits per heavy atom. The van der Waals surface area contributed by atoms with Gasteiger partial charge < -0.3 is 10.2 Å². The van der Waals surface area contributed by atoms with E-state index < -0.39 is 0 Å². The third-order valence-electron chi connectivity index (χ3n) is 3.97. The van der Waals surface area contributed by atoms with Crippen molar-refractivity contribution in [2.24, 2.45) is 0 Å². The van der Waals surface area contributed by atoms with Crippen molar-refractivity contribution in [3.8, 4) is 0 Å². The van der Waals surface area contributed by atoms with Crippen molar-refractivity contribution in [1.29, 1.82) is 0 Å². The van der Waals surface area contributed by atoms with Gasteiger partial charge in [0.1, 0.15) is 0 Å². The highest BCUT2D eigenvalue weighted by atomic mass is 35.5. The van der Waals surface area contributed by atoms with E-state index in [0.29, 0.717) is 27.2 Å². The summed E-state index contributed by atoms with van der Waals surface area (Å²) in [7, 11) is 0. The summed E-state index contributed by atoms with van der Waals surface area (Å²) in [5.41, 5.74) is 1.00. The monoisotopic (exact) mass is 364 g/mol. The maximum Gasteiger partial charge on any atom is 0.274 e. The third-order valence-corrected chi connectivity index (χ3v) is 4.53. The van der Waals surface area contributed by atoms with Gasteiger partial charge in [0.25, 0.3) is 5.91 Å². The first-order valence-electron chi connectivity index (χ1n) is 7.98. The van der Waals surface area contributed by atoms with Crippen LogP contribution in [0.4, 0.5) is 11.5 Å². The molecule has 0 aliphatic carbocycles. The smallest absolute Gasteiger partial charge is 0.274 e. The first kappa shape index (κ1) is 17.0. The number of anilines is 2. The van der Waals surface area contributed by atoms with Gasteiger partial charge in [-0.15, -0.1) is 10.2 Å². The van der Waals surface area contributed by atoms with Crippen LogP contribution in [0.3, 0.4) is 0 Å². The lowest BCUT2D eigenvalue weighted by Crippen LogP contribution is -2.32. The second kappa shape index (κ2) is 7.81. The van der Waals surface area contributed by atoms with Crippen molar-refractivity contribution < 1.29 is 4.79 Å². The van der Waals surface area contributed by atoms with E-state index in [4.69, 9.17) is 23.2 Å². The zero-order valence-corrected chi connectivity index (χ0v) is 14.6. The number of benzene rings is 1. The van der Waals surface area contributed by atoms with Crippen LogP contribution in [0.25, 0.3) is 0 Å². The Morgan fingerprint density at radius 3 is 2.42 bits per heavy atom. The van der Waals surface area contributed by atoms with E-state index in [1.54, 1.807) is 30.3 Å². The minimum atomic E-state index is -0.0586. The maximum atomic E-state index is 12.5. The molecule has 2 aromatic rings. The summed E-state index contributed by atoms with van der Waals surface area (Å²) in [5, 5.41) is 12.3. The van der Waals surface area contributed by atoms with Gasteiger partial charge in [-0.3, -0.25) is 4.79 Å². The minimum absolute atomic E-state index is 0.0586. The first-order valence-corrected chi connectivity index (χ1v) is 8.74. The molecule has 1 aliphatic rings. The molecule has 0 atom stereocenters. The molecule has 0 spiro atoms. The highest BCUT2D eigenvalue weighted by Crippen LogP contribution is 2.27. The van der Waals surface area contributed by atoms with Crippen molar-refractivity contribution in [3.63, 3.8) is 0 Å². The number of nitrogens with zero attached hydrogens (tertiary/aromatic N) is 3. The summed E-state index contributed by atoms with van der Waals surface area (Å²) in [6, 6.07) is 8.53. The quantitative estimate of drug-likeness (QED) is 0.867. The lowest BCUT2D eigenvalue weighted by atomic mass is 10.2. The van der Waals surface area contributed by atoms with Crippen LogP contribution in [-0.4, -0.2) is 34.1 Å². The molecule has 1 aromatic carbocycles. The van der Waals surface area contributed by atoms with Crippen LogP contribution >= 0.6 is 23.2 Å². The Kier molecular flexibility index (Phi) is 5.53. The van der Waals surface area contributed by atoms with Gasteiger partial charge in [-0.05, 0) is 43.2 Å². The lowest BCUT2D eigenvalue weighted by Gasteiger charge is -2.19. The molecule has 1 aromatic heterocycles. The second-order valence-corrected chi connectivity index (χ2v) is 6.60. The standard InChI is InChI=1S/C17H18Cl2N4O/c18-12-5-6-13(19)15(11-12)20-16-8-7-14(21-22-16)17(24)23-9-3-1-2-4-10-23/h5-8,11H,1-4,9-10H2,(H,20,22). The largest absolute Gasteiger partial charge is 0.337 e. The molecule has 1 N–H and O–H groups in total. The number of likely N-dealkylation sites (tertiary alicyclic amines) is 1. The average Bonchev–Trinajstić information content (AvgIpc) is 2.87. The summed E-state index contributed by atoms with van der Waals surface area (Å²) >= 11 is 12.1. The number of carbonyl (C=O) groups is 1. The lowest BCUT2D eigenvalue weighted by molar-refractivity contribution is 0.0754. The Labute approximate surface area is 151 Å². The number of carbonyl (C=O) groups excluding carboxylic acids is 1. The molecule has 1 fully saturated rings. The van der Waals surface area contributed by atoms with Crippen LogP contribution in [0.15, 0.2) is 30.3 Å². The molecule has 3 rings (SSSR count). The van der Waals surface area contributed by atoms with E-state index in [1.807, 2.05) is 4.90 Å². The fraction of sp³-hybridized carbons (Fsp3) is 0.353. The third kappa shape index (κ3) is 4.16. The summed E-state index contributed by atoms with van der Waals surface area (Å²) < 4.78 is 0. The van der Waals surface area contributed by atoms with Gasteiger partial charge in [-0.1, -0.05) is 36.0 Å². The van der Waals surface area contributed by atoms with E-state index in [9.17, 15) is 4.79 Å². The number of aromatic nitrogens is 2. The van der Waals surface area contributed by atoms with Gasteiger partial charge in [0.15, 0.2) is 11.5 Å². The van der Waals surface area contributed by atoms with Crippen molar-refractivity contribution in [3.05, 3.63) is 46.1 Å². The Morgan fingerprint density at radius 2 is 1.75 bits per heavy atom. The molecule has 1 aliphatic heterocycles. The number of hydrogen-bond donors (Lipinski definition) is 1. The molecule has 0 unspecified atom stereocenters. The molecule has 2 heterocycles. The molecule has 126 valence electrons. The molecular weight excluding hydrogens is 347 g/mol. The van der Waals surface area contributed by atoms with Crippen LogP contribution in [0.1, 0.15) is 36.2 Å². The van der Waals surface area contributed by atoms with Crippen molar-refractivity contribution in [2.45, 2.75) is 25.7 Å². The molecule has 24 heavy (non-hydrogen) atoms. The van der Waals surface area contributed by atoms with Gasteiger partial charge in [-0.25, -0.2) is 0 Å². The van der Waals surface area contributed by atoms with Gasteiger partial charge in [0.2, 0.25) is 0 Å². The summed E-state index contributed by atoms with van der Waals surface area (Å²) in [6.07, 6.45) is 4.45. The van der Waals surface area contributed by atoms with Crippen LogP contribution in [-0.2, 0) is 0 Å². The summed E-state index contributed by atoms with van der Waals surface area (Å²) in [6.45, 7) is 1.58. The number of amides is 1. The van der Waals surface area contributed by atoms with E-state index in [1.165, 1.54) is 12.8 Å². The first-order chi connectivity index (χ1) is 11.6. The topological polar surface area (TPSA) is 58.1 Å². The Balaban J connectivity index is 1.70. The van der Waals surface area contributed by atoms with Crippen LogP contribution in [0.5, 0.6) is 0 Å². The molecule has 5 nitrogen and oxygen atoms in total. The SMILES string of the molecule is O=C(c1ccc(Nc2cc(Cl)ccc2Cl)nn1)N1CCCCCC1. The Hall–Kier alpha value is -1.85. The van der Waals surface area contributed by atoms with Crippen LogP contribution < -0.4 is 5.32 Å². The van der Waals surface area contributed by atoms with E-state index >= 15 is 0 Å². The van der Waals surface area contributed by atoms with E-state index in [2.05, 4.69) is 15.5 Å². The maximum absolute atomic E-state index is 12.5. The Bertz CT molecular complexity index is 713. The predicted octanol–water partition coefficient (Wildman–Crippen LogP) is 4.54. The fourth-order valence-electron chi connectivity index (χ4n) is 2.68.